The predicted molar refractivity (Wildman–Crippen MR) is 73.0 cm³/mol. The summed E-state index contributed by atoms with van der Waals surface area (Å²) in [5.74, 6) is -0.447. The van der Waals surface area contributed by atoms with Crippen LogP contribution in [-0.2, 0) is 9.53 Å². The SMILES string of the molecule is CCNC(COc1ccccc1F)(C(=O)OC)C1CC1. The molecule has 0 aromatic heterocycles. The minimum Gasteiger partial charge on any atom is -0.488 e. The third kappa shape index (κ3) is 2.93. The summed E-state index contributed by atoms with van der Waals surface area (Å²) in [4.78, 5) is 12.2. The van der Waals surface area contributed by atoms with Gasteiger partial charge < -0.3 is 9.47 Å². The third-order valence-electron chi connectivity index (χ3n) is 3.61. The number of nitrogens with one attached hydrogen (secondary N) is 1. The van der Waals surface area contributed by atoms with Crippen LogP contribution in [0.4, 0.5) is 4.39 Å². The van der Waals surface area contributed by atoms with E-state index in [4.69, 9.17) is 9.47 Å². The van der Waals surface area contributed by atoms with Crippen molar-refractivity contribution in [2.24, 2.45) is 5.92 Å². The Labute approximate surface area is 118 Å². The van der Waals surface area contributed by atoms with Crippen molar-refractivity contribution >= 4 is 5.97 Å². The molecule has 0 bridgehead atoms. The first-order valence-electron chi connectivity index (χ1n) is 6.85. The summed E-state index contributed by atoms with van der Waals surface area (Å²) in [5.41, 5.74) is -0.883. The molecule has 1 N–H and O–H groups in total. The van der Waals surface area contributed by atoms with Crippen molar-refractivity contribution in [3.05, 3.63) is 30.1 Å². The van der Waals surface area contributed by atoms with E-state index in [-0.39, 0.29) is 24.2 Å². The second-order valence-corrected chi connectivity index (χ2v) is 4.99. The number of benzene rings is 1. The minimum absolute atomic E-state index is 0.0686. The molecule has 4 nitrogen and oxygen atoms in total. The highest BCUT2D eigenvalue weighted by Crippen LogP contribution is 2.41. The summed E-state index contributed by atoms with van der Waals surface area (Å²) in [5, 5.41) is 3.18. The zero-order valence-corrected chi connectivity index (χ0v) is 11.8. The molecule has 1 aromatic carbocycles. The van der Waals surface area contributed by atoms with Gasteiger partial charge in [-0.25, -0.2) is 9.18 Å². The predicted octanol–water partition coefficient (Wildman–Crippen LogP) is 2.14. The maximum absolute atomic E-state index is 13.6. The van der Waals surface area contributed by atoms with Crippen molar-refractivity contribution in [3.8, 4) is 5.75 Å². The number of halogens is 1. The van der Waals surface area contributed by atoms with Gasteiger partial charge in [0.15, 0.2) is 17.1 Å². The summed E-state index contributed by atoms with van der Waals surface area (Å²) in [6.07, 6.45) is 1.89. The number of rotatable bonds is 7. The smallest absolute Gasteiger partial charge is 0.329 e. The fourth-order valence-electron chi connectivity index (χ4n) is 2.44. The van der Waals surface area contributed by atoms with E-state index < -0.39 is 11.4 Å². The van der Waals surface area contributed by atoms with Gasteiger partial charge in [0, 0.05) is 0 Å². The highest BCUT2D eigenvalue weighted by Gasteiger charge is 2.52. The fraction of sp³-hybridized carbons (Fsp3) is 0.533. The topological polar surface area (TPSA) is 47.6 Å². The molecule has 0 radical (unpaired) electrons. The van der Waals surface area contributed by atoms with Gasteiger partial charge in [-0.15, -0.1) is 0 Å². The first-order valence-corrected chi connectivity index (χ1v) is 6.85. The third-order valence-corrected chi connectivity index (χ3v) is 3.61. The normalized spacial score (nSPS) is 17.4. The Morgan fingerprint density at radius 2 is 2.15 bits per heavy atom. The summed E-state index contributed by atoms with van der Waals surface area (Å²) in [7, 11) is 1.36. The molecule has 0 amide bonds. The molecule has 1 fully saturated rings. The molecule has 1 aliphatic rings. The molecule has 0 heterocycles. The molecule has 1 aliphatic carbocycles. The van der Waals surface area contributed by atoms with Crippen molar-refractivity contribution in [2.45, 2.75) is 25.3 Å². The van der Waals surface area contributed by atoms with Crippen LogP contribution in [-0.4, -0.2) is 31.8 Å². The number of ether oxygens (including phenoxy) is 2. The second-order valence-electron chi connectivity index (χ2n) is 4.99. The number of carbonyl (C=O) groups is 1. The van der Waals surface area contributed by atoms with Crippen molar-refractivity contribution in [1.82, 2.24) is 5.32 Å². The van der Waals surface area contributed by atoms with Gasteiger partial charge in [0.05, 0.1) is 7.11 Å². The van der Waals surface area contributed by atoms with Crippen LogP contribution in [0.2, 0.25) is 0 Å². The number of esters is 1. The Hall–Kier alpha value is -1.62. The molecular weight excluding hydrogens is 261 g/mol. The Morgan fingerprint density at radius 1 is 1.45 bits per heavy atom. The van der Waals surface area contributed by atoms with Crippen molar-refractivity contribution < 1.29 is 18.7 Å². The van der Waals surface area contributed by atoms with Crippen LogP contribution >= 0.6 is 0 Å². The Bertz CT molecular complexity index is 476. The highest BCUT2D eigenvalue weighted by atomic mass is 19.1. The minimum atomic E-state index is -0.883. The molecule has 0 spiro atoms. The fourth-order valence-corrected chi connectivity index (χ4v) is 2.44. The van der Waals surface area contributed by atoms with E-state index in [1.165, 1.54) is 13.2 Å². The lowest BCUT2D eigenvalue weighted by molar-refractivity contribution is -0.151. The van der Waals surface area contributed by atoms with Gasteiger partial charge in [-0.1, -0.05) is 19.1 Å². The molecule has 0 saturated heterocycles. The quantitative estimate of drug-likeness (QED) is 0.778. The molecule has 1 aromatic rings. The lowest BCUT2D eigenvalue weighted by Gasteiger charge is -2.31. The number of hydrogen-bond donors (Lipinski definition) is 1. The van der Waals surface area contributed by atoms with E-state index in [1.807, 2.05) is 6.92 Å². The number of hydrogen-bond acceptors (Lipinski definition) is 4. The molecule has 110 valence electrons. The summed E-state index contributed by atoms with van der Waals surface area (Å²) >= 11 is 0. The Morgan fingerprint density at radius 3 is 2.70 bits per heavy atom. The maximum Gasteiger partial charge on any atom is 0.329 e. The number of likely N-dealkylation sites (N-methyl/N-ethyl adjacent to an activating group) is 1. The number of carbonyl (C=O) groups excluding carboxylic acids is 1. The van der Waals surface area contributed by atoms with Crippen LogP contribution in [0.5, 0.6) is 5.75 Å². The number of para-hydroxylation sites is 1. The van der Waals surface area contributed by atoms with Crippen LogP contribution in [0.1, 0.15) is 19.8 Å². The van der Waals surface area contributed by atoms with E-state index in [0.29, 0.717) is 6.54 Å². The van der Waals surface area contributed by atoms with E-state index in [0.717, 1.165) is 12.8 Å². The zero-order valence-electron chi connectivity index (χ0n) is 11.8. The standard InChI is InChI=1S/C15H20FNO3/c1-3-17-15(11-8-9-11,14(18)19-2)10-20-13-7-5-4-6-12(13)16/h4-7,11,17H,3,8-10H2,1-2H3. The van der Waals surface area contributed by atoms with Gasteiger partial charge in [0.2, 0.25) is 0 Å². The first-order chi connectivity index (χ1) is 9.64. The average Bonchev–Trinajstić information content (AvgIpc) is 3.29. The van der Waals surface area contributed by atoms with E-state index in [1.54, 1.807) is 18.2 Å². The van der Waals surface area contributed by atoms with Gasteiger partial charge in [-0.2, -0.15) is 0 Å². The van der Waals surface area contributed by atoms with Crippen LogP contribution in [0.3, 0.4) is 0 Å². The van der Waals surface area contributed by atoms with Crippen molar-refractivity contribution in [1.29, 1.82) is 0 Å². The molecular formula is C15H20FNO3. The Balaban J connectivity index is 2.15. The first kappa shape index (κ1) is 14.8. The van der Waals surface area contributed by atoms with Crippen LogP contribution < -0.4 is 10.1 Å². The molecule has 0 aliphatic heterocycles. The summed E-state index contributed by atoms with van der Waals surface area (Å²) in [6, 6.07) is 6.18. The van der Waals surface area contributed by atoms with Gasteiger partial charge >= 0.3 is 5.97 Å². The van der Waals surface area contributed by atoms with E-state index >= 15 is 0 Å². The van der Waals surface area contributed by atoms with Gasteiger partial charge in [-0.05, 0) is 37.4 Å². The van der Waals surface area contributed by atoms with Crippen LogP contribution in [0, 0.1) is 11.7 Å². The monoisotopic (exact) mass is 281 g/mol. The average molecular weight is 281 g/mol. The highest BCUT2D eigenvalue weighted by molar-refractivity contribution is 5.82. The molecule has 2 rings (SSSR count). The lowest BCUT2D eigenvalue weighted by Crippen LogP contribution is -2.58. The molecule has 5 heteroatoms. The van der Waals surface area contributed by atoms with Crippen molar-refractivity contribution in [2.75, 3.05) is 20.3 Å². The van der Waals surface area contributed by atoms with E-state index in [2.05, 4.69) is 5.32 Å². The van der Waals surface area contributed by atoms with Crippen molar-refractivity contribution in [3.63, 3.8) is 0 Å². The molecule has 1 unspecified atom stereocenters. The molecule has 20 heavy (non-hydrogen) atoms. The van der Waals surface area contributed by atoms with E-state index in [9.17, 15) is 9.18 Å². The van der Waals surface area contributed by atoms with Crippen LogP contribution in [0.25, 0.3) is 0 Å². The number of methoxy groups -OCH3 is 1. The van der Waals surface area contributed by atoms with Gasteiger partial charge in [-0.3, -0.25) is 5.32 Å². The maximum atomic E-state index is 13.6. The molecule has 1 atom stereocenters. The Kier molecular flexibility index (Phi) is 4.60. The second kappa shape index (κ2) is 6.22. The summed E-state index contributed by atoms with van der Waals surface area (Å²) < 4.78 is 24.0. The molecule has 1 saturated carbocycles. The van der Waals surface area contributed by atoms with Gasteiger partial charge in [0.25, 0.3) is 0 Å². The van der Waals surface area contributed by atoms with Crippen LogP contribution in [0.15, 0.2) is 24.3 Å². The zero-order chi connectivity index (χ0) is 14.6. The largest absolute Gasteiger partial charge is 0.488 e. The van der Waals surface area contributed by atoms with Gasteiger partial charge in [0.1, 0.15) is 6.61 Å². The summed E-state index contributed by atoms with van der Waals surface area (Å²) in [6.45, 7) is 2.61. The lowest BCUT2D eigenvalue weighted by atomic mass is 9.94.